The molecular formula is C9H17NO2S. The smallest absolute Gasteiger partial charge is 0.320 e. The van der Waals surface area contributed by atoms with Crippen molar-refractivity contribution in [2.24, 2.45) is 0 Å². The van der Waals surface area contributed by atoms with Gasteiger partial charge in [0.15, 0.2) is 0 Å². The Bertz CT molecular complexity index is 196. The van der Waals surface area contributed by atoms with Crippen LogP contribution in [0.25, 0.3) is 0 Å². The van der Waals surface area contributed by atoms with Crippen LogP contribution in [0.2, 0.25) is 0 Å². The largest absolute Gasteiger partial charge is 0.480 e. The molecule has 3 nitrogen and oxygen atoms in total. The lowest BCUT2D eigenvalue weighted by Crippen LogP contribution is -2.40. The minimum atomic E-state index is -0.676. The fourth-order valence-corrected chi connectivity index (χ4v) is 2.50. The van der Waals surface area contributed by atoms with E-state index in [1.54, 1.807) is 11.8 Å². The van der Waals surface area contributed by atoms with Crippen molar-refractivity contribution in [1.82, 2.24) is 4.90 Å². The Kier molecular flexibility index (Phi) is 3.62. The van der Waals surface area contributed by atoms with Gasteiger partial charge in [0, 0.05) is 17.8 Å². The van der Waals surface area contributed by atoms with Gasteiger partial charge >= 0.3 is 5.97 Å². The number of aliphatic carboxylic acids is 1. The van der Waals surface area contributed by atoms with Gasteiger partial charge < -0.3 is 5.11 Å². The van der Waals surface area contributed by atoms with Gasteiger partial charge in [-0.3, -0.25) is 9.69 Å². The van der Waals surface area contributed by atoms with E-state index in [2.05, 4.69) is 18.7 Å². The minimum absolute atomic E-state index is 0.266. The molecule has 1 fully saturated rings. The molecule has 13 heavy (non-hydrogen) atoms. The van der Waals surface area contributed by atoms with Crippen LogP contribution >= 0.6 is 11.8 Å². The first-order valence-electron chi connectivity index (χ1n) is 4.57. The van der Waals surface area contributed by atoms with Gasteiger partial charge in [0.1, 0.15) is 6.04 Å². The fraction of sp³-hybridized carbons (Fsp3) is 0.889. The van der Waals surface area contributed by atoms with Crippen LogP contribution in [0.4, 0.5) is 0 Å². The Hall–Kier alpha value is -0.220. The lowest BCUT2D eigenvalue weighted by atomic mass is 10.2. The molecule has 1 saturated heterocycles. The summed E-state index contributed by atoms with van der Waals surface area (Å²) < 4.78 is 0. The van der Waals surface area contributed by atoms with Gasteiger partial charge in [-0.1, -0.05) is 0 Å². The SMILES string of the molecule is CSC1CC(C(=O)O)N(C(C)C)C1. The van der Waals surface area contributed by atoms with Crippen LogP contribution in [-0.2, 0) is 4.79 Å². The van der Waals surface area contributed by atoms with Crippen molar-refractivity contribution in [2.75, 3.05) is 12.8 Å². The number of likely N-dealkylation sites (tertiary alicyclic amines) is 1. The van der Waals surface area contributed by atoms with E-state index in [1.807, 2.05) is 6.26 Å². The van der Waals surface area contributed by atoms with Crippen LogP contribution in [0.3, 0.4) is 0 Å². The molecule has 0 amide bonds. The fourth-order valence-electron chi connectivity index (χ4n) is 1.81. The summed E-state index contributed by atoms with van der Waals surface area (Å²) in [5.41, 5.74) is 0. The molecule has 0 aromatic heterocycles. The quantitative estimate of drug-likeness (QED) is 0.750. The number of nitrogens with zero attached hydrogens (tertiary/aromatic N) is 1. The third-order valence-corrected chi connectivity index (χ3v) is 3.59. The molecule has 76 valence electrons. The van der Waals surface area contributed by atoms with E-state index in [1.165, 1.54) is 0 Å². The summed E-state index contributed by atoms with van der Waals surface area (Å²) in [6, 6.07) is 0.0655. The van der Waals surface area contributed by atoms with Gasteiger partial charge in [0.05, 0.1) is 0 Å². The van der Waals surface area contributed by atoms with Gasteiger partial charge in [0.25, 0.3) is 0 Å². The number of carbonyl (C=O) groups is 1. The molecule has 0 bridgehead atoms. The molecule has 4 heteroatoms. The maximum absolute atomic E-state index is 10.9. The maximum Gasteiger partial charge on any atom is 0.320 e. The zero-order valence-corrected chi connectivity index (χ0v) is 9.17. The van der Waals surface area contributed by atoms with Crippen molar-refractivity contribution in [3.63, 3.8) is 0 Å². The molecule has 0 saturated carbocycles. The summed E-state index contributed by atoms with van der Waals surface area (Å²) in [5.74, 6) is -0.676. The Morgan fingerprint density at radius 1 is 1.62 bits per heavy atom. The molecule has 1 aliphatic rings. The second-order valence-corrected chi connectivity index (χ2v) is 4.88. The van der Waals surface area contributed by atoms with Crippen LogP contribution < -0.4 is 0 Å². The number of carboxylic acids is 1. The molecule has 1 N–H and O–H groups in total. The van der Waals surface area contributed by atoms with Crippen molar-refractivity contribution < 1.29 is 9.90 Å². The highest BCUT2D eigenvalue weighted by atomic mass is 32.2. The molecule has 2 atom stereocenters. The second kappa shape index (κ2) is 4.33. The van der Waals surface area contributed by atoms with E-state index in [-0.39, 0.29) is 6.04 Å². The topological polar surface area (TPSA) is 40.5 Å². The molecular weight excluding hydrogens is 186 g/mol. The summed E-state index contributed by atoms with van der Waals surface area (Å²) in [6.07, 6.45) is 2.84. The first kappa shape index (κ1) is 10.9. The number of rotatable bonds is 3. The standard InChI is InChI=1S/C9H17NO2S/c1-6(2)10-5-7(13-3)4-8(10)9(11)12/h6-8H,4-5H2,1-3H3,(H,11,12). The van der Waals surface area contributed by atoms with Gasteiger partial charge in [-0.2, -0.15) is 11.8 Å². The van der Waals surface area contributed by atoms with Gasteiger partial charge in [0.2, 0.25) is 0 Å². The van der Waals surface area contributed by atoms with E-state index in [0.717, 1.165) is 13.0 Å². The minimum Gasteiger partial charge on any atom is -0.480 e. The van der Waals surface area contributed by atoms with Crippen LogP contribution in [0.5, 0.6) is 0 Å². The third kappa shape index (κ3) is 2.38. The van der Waals surface area contributed by atoms with Crippen molar-refractivity contribution in [1.29, 1.82) is 0 Å². The van der Waals surface area contributed by atoms with Crippen molar-refractivity contribution in [3.05, 3.63) is 0 Å². The lowest BCUT2D eigenvalue weighted by Gasteiger charge is -2.24. The van der Waals surface area contributed by atoms with Crippen LogP contribution in [0.1, 0.15) is 20.3 Å². The lowest BCUT2D eigenvalue weighted by molar-refractivity contribution is -0.142. The predicted molar refractivity (Wildman–Crippen MR) is 55.2 cm³/mol. The highest BCUT2D eigenvalue weighted by molar-refractivity contribution is 7.99. The zero-order valence-electron chi connectivity index (χ0n) is 8.36. The van der Waals surface area contributed by atoms with Crippen molar-refractivity contribution >= 4 is 17.7 Å². The van der Waals surface area contributed by atoms with Gasteiger partial charge in [-0.25, -0.2) is 0 Å². The average molecular weight is 203 g/mol. The van der Waals surface area contributed by atoms with E-state index < -0.39 is 5.97 Å². The Morgan fingerprint density at radius 3 is 2.54 bits per heavy atom. The highest BCUT2D eigenvalue weighted by Gasteiger charge is 2.37. The third-order valence-electron chi connectivity index (χ3n) is 2.58. The zero-order chi connectivity index (χ0) is 10.0. The molecule has 1 aliphatic heterocycles. The van der Waals surface area contributed by atoms with Crippen LogP contribution in [0.15, 0.2) is 0 Å². The number of hydrogen-bond acceptors (Lipinski definition) is 3. The summed E-state index contributed by atoms with van der Waals surface area (Å²) >= 11 is 1.77. The Morgan fingerprint density at radius 2 is 2.23 bits per heavy atom. The number of hydrogen-bond donors (Lipinski definition) is 1. The first-order chi connectivity index (χ1) is 6.06. The molecule has 1 rings (SSSR count). The van der Waals surface area contributed by atoms with Crippen molar-refractivity contribution in [3.8, 4) is 0 Å². The highest BCUT2D eigenvalue weighted by Crippen LogP contribution is 2.27. The average Bonchev–Trinajstić information content (AvgIpc) is 2.47. The predicted octanol–water partition coefficient (Wildman–Crippen LogP) is 1.29. The van der Waals surface area contributed by atoms with E-state index in [0.29, 0.717) is 11.3 Å². The summed E-state index contributed by atoms with van der Waals surface area (Å²) in [4.78, 5) is 13.0. The van der Waals surface area contributed by atoms with Crippen LogP contribution in [0, 0.1) is 0 Å². The first-order valence-corrected chi connectivity index (χ1v) is 5.86. The summed E-state index contributed by atoms with van der Waals surface area (Å²) in [6.45, 7) is 5.02. The molecule has 0 aliphatic carbocycles. The molecule has 0 aromatic carbocycles. The van der Waals surface area contributed by atoms with E-state index in [4.69, 9.17) is 5.11 Å². The molecule has 0 spiro atoms. The maximum atomic E-state index is 10.9. The van der Waals surface area contributed by atoms with Crippen molar-refractivity contribution in [2.45, 2.75) is 37.6 Å². The molecule has 1 heterocycles. The Labute approximate surface area is 83.5 Å². The van der Waals surface area contributed by atoms with Crippen LogP contribution in [-0.4, -0.2) is 46.1 Å². The van der Waals surface area contributed by atoms with E-state index >= 15 is 0 Å². The van der Waals surface area contributed by atoms with Gasteiger partial charge in [-0.15, -0.1) is 0 Å². The normalized spacial score (nSPS) is 29.8. The summed E-state index contributed by atoms with van der Waals surface area (Å²) in [5, 5.41) is 9.48. The van der Waals surface area contributed by atoms with Gasteiger partial charge in [-0.05, 0) is 26.5 Å². The molecule has 2 unspecified atom stereocenters. The molecule has 0 aromatic rings. The monoisotopic (exact) mass is 203 g/mol. The number of carboxylic acid groups (broad SMARTS) is 1. The Balaban J connectivity index is 2.65. The van der Waals surface area contributed by atoms with E-state index in [9.17, 15) is 4.79 Å². The summed E-state index contributed by atoms with van der Waals surface area (Å²) in [7, 11) is 0. The second-order valence-electron chi connectivity index (χ2n) is 3.74. The number of thioether (sulfide) groups is 1. The molecule has 0 radical (unpaired) electrons.